The molecule has 0 bridgehead atoms. The second-order valence-corrected chi connectivity index (χ2v) is 8.12. The molecular formula is C24H26N2O4S. The van der Waals surface area contributed by atoms with Gasteiger partial charge in [0.25, 0.3) is 5.91 Å². The highest BCUT2D eigenvalue weighted by Crippen LogP contribution is 2.36. The van der Waals surface area contributed by atoms with Crippen molar-refractivity contribution in [2.45, 2.75) is 25.8 Å². The lowest BCUT2D eigenvalue weighted by molar-refractivity contribution is 0.0730. The molecule has 0 saturated carbocycles. The Morgan fingerprint density at radius 2 is 1.90 bits per heavy atom. The van der Waals surface area contributed by atoms with Crippen LogP contribution in [-0.2, 0) is 0 Å². The molecule has 1 atom stereocenters. The minimum Gasteiger partial charge on any atom is -0.494 e. The largest absolute Gasteiger partial charge is 0.494 e. The number of nitrogens with zero attached hydrogens (tertiary/aromatic N) is 2. The van der Waals surface area contributed by atoms with Gasteiger partial charge in [-0.2, -0.15) is 0 Å². The fourth-order valence-corrected chi connectivity index (χ4v) is 4.72. The van der Waals surface area contributed by atoms with Crippen LogP contribution >= 0.6 is 11.3 Å². The maximum Gasteiger partial charge on any atom is 0.273 e. The summed E-state index contributed by atoms with van der Waals surface area (Å²) >= 11 is 1.46. The number of hydrogen-bond acceptors (Lipinski definition) is 6. The number of ether oxygens (including phenoxy) is 3. The fourth-order valence-electron chi connectivity index (χ4n) is 3.93. The molecule has 1 saturated heterocycles. The van der Waals surface area contributed by atoms with Crippen molar-refractivity contribution < 1.29 is 19.0 Å². The summed E-state index contributed by atoms with van der Waals surface area (Å²) in [4.78, 5) is 19.8. The van der Waals surface area contributed by atoms with Crippen LogP contribution in [0.15, 0.2) is 47.8 Å². The van der Waals surface area contributed by atoms with Crippen molar-refractivity contribution in [3.63, 3.8) is 0 Å². The number of amides is 1. The fraction of sp³-hybridized carbons (Fsp3) is 0.333. The zero-order valence-electron chi connectivity index (χ0n) is 18.0. The van der Waals surface area contributed by atoms with E-state index in [4.69, 9.17) is 14.2 Å². The van der Waals surface area contributed by atoms with Gasteiger partial charge < -0.3 is 19.1 Å². The van der Waals surface area contributed by atoms with Gasteiger partial charge in [0.15, 0.2) is 11.5 Å². The number of likely N-dealkylation sites (tertiary alicyclic amines) is 1. The second kappa shape index (κ2) is 9.39. The van der Waals surface area contributed by atoms with Gasteiger partial charge in [0, 0.05) is 17.5 Å². The van der Waals surface area contributed by atoms with E-state index >= 15 is 0 Å². The van der Waals surface area contributed by atoms with Crippen molar-refractivity contribution in [1.29, 1.82) is 0 Å². The molecule has 7 heteroatoms. The van der Waals surface area contributed by atoms with E-state index in [0.717, 1.165) is 41.3 Å². The van der Waals surface area contributed by atoms with E-state index in [0.29, 0.717) is 23.8 Å². The van der Waals surface area contributed by atoms with Crippen molar-refractivity contribution >= 4 is 17.2 Å². The molecule has 31 heavy (non-hydrogen) atoms. The standard InChI is InChI=1S/C24H26N2O4S/c1-4-30-18-10-7-16(8-11-18)20-6-5-13-26(20)24(27)19-15-31-23(25-19)17-9-12-21(28-2)22(14-17)29-3/h7-12,14-15,20H,4-6,13H2,1-3H3. The van der Waals surface area contributed by atoms with E-state index in [9.17, 15) is 4.79 Å². The molecule has 1 aliphatic rings. The third-order valence-corrected chi connectivity index (χ3v) is 6.33. The highest BCUT2D eigenvalue weighted by Gasteiger charge is 2.31. The van der Waals surface area contributed by atoms with E-state index < -0.39 is 0 Å². The van der Waals surface area contributed by atoms with Crippen molar-refractivity contribution in [3.05, 3.63) is 59.1 Å². The molecule has 1 unspecified atom stereocenters. The quantitative estimate of drug-likeness (QED) is 0.507. The summed E-state index contributed by atoms with van der Waals surface area (Å²) in [5, 5.41) is 2.61. The Bertz CT molecular complexity index is 1050. The first-order chi connectivity index (χ1) is 15.1. The first kappa shape index (κ1) is 21.2. The van der Waals surface area contributed by atoms with Crippen LogP contribution in [0.3, 0.4) is 0 Å². The number of benzene rings is 2. The summed E-state index contributed by atoms with van der Waals surface area (Å²) in [5.74, 6) is 2.12. The van der Waals surface area contributed by atoms with Crippen LogP contribution in [0.5, 0.6) is 17.2 Å². The Kier molecular flexibility index (Phi) is 6.42. The molecule has 0 radical (unpaired) electrons. The van der Waals surface area contributed by atoms with Crippen molar-refractivity contribution in [2.75, 3.05) is 27.4 Å². The molecule has 6 nitrogen and oxygen atoms in total. The van der Waals surface area contributed by atoms with E-state index in [1.807, 2.05) is 47.5 Å². The van der Waals surface area contributed by atoms with E-state index in [1.165, 1.54) is 11.3 Å². The third-order valence-electron chi connectivity index (χ3n) is 5.44. The number of rotatable bonds is 7. The Morgan fingerprint density at radius 3 is 2.61 bits per heavy atom. The van der Waals surface area contributed by atoms with Crippen LogP contribution in [0, 0.1) is 0 Å². The Morgan fingerprint density at radius 1 is 1.13 bits per heavy atom. The number of thiazole rings is 1. The summed E-state index contributed by atoms with van der Waals surface area (Å²) in [5.41, 5.74) is 2.50. The van der Waals surface area contributed by atoms with Crippen LogP contribution in [0.2, 0.25) is 0 Å². The van der Waals surface area contributed by atoms with E-state index in [2.05, 4.69) is 17.1 Å². The molecule has 1 amide bonds. The molecule has 4 rings (SSSR count). The van der Waals surface area contributed by atoms with Gasteiger partial charge in [-0.1, -0.05) is 12.1 Å². The monoisotopic (exact) mass is 438 g/mol. The van der Waals surface area contributed by atoms with Gasteiger partial charge in [0.05, 0.1) is 26.9 Å². The Labute approximate surface area is 186 Å². The van der Waals surface area contributed by atoms with Gasteiger partial charge in [-0.05, 0) is 55.7 Å². The number of methoxy groups -OCH3 is 2. The average molecular weight is 439 g/mol. The van der Waals surface area contributed by atoms with Crippen LogP contribution < -0.4 is 14.2 Å². The first-order valence-electron chi connectivity index (χ1n) is 10.4. The highest BCUT2D eigenvalue weighted by atomic mass is 32.1. The van der Waals surface area contributed by atoms with Crippen molar-refractivity contribution in [1.82, 2.24) is 9.88 Å². The third kappa shape index (κ3) is 4.37. The molecule has 0 spiro atoms. The predicted molar refractivity (Wildman–Crippen MR) is 121 cm³/mol. The molecule has 2 aromatic carbocycles. The maximum absolute atomic E-state index is 13.3. The van der Waals surface area contributed by atoms with Gasteiger partial charge in [-0.15, -0.1) is 11.3 Å². The van der Waals surface area contributed by atoms with E-state index in [-0.39, 0.29) is 11.9 Å². The van der Waals surface area contributed by atoms with Gasteiger partial charge in [-0.25, -0.2) is 4.98 Å². The lowest BCUT2D eigenvalue weighted by Gasteiger charge is -2.24. The van der Waals surface area contributed by atoms with Gasteiger partial charge in [0.2, 0.25) is 0 Å². The molecular weight excluding hydrogens is 412 g/mol. The molecule has 1 fully saturated rings. The number of hydrogen-bond donors (Lipinski definition) is 0. The Balaban J connectivity index is 1.54. The Hall–Kier alpha value is -3.06. The van der Waals surface area contributed by atoms with Crippen LogP contribution in [0.1, 0.15) is 41.9 Å². The topological polar surface area (TPSA) is 60.9 Å². The average Bonchev–Trinajstić information content (AvgIpc) is 3.49. The minimum atomic E-state index is -0.0284. The molecule has 2 heterocycles. The summed E-state index contributed by atoms with van der Waals surface area (Å²) in [6.45, 7) is 3.34. The molecule has 162 valence electrons. The van der Waals surface area contributed by atoms with E-state index in [1.54, 1.807) is 14.2 Å². The van der Waals surface area contributed by atoms with Crippen LogP contribution in [0.25, 0.3) is 10.6 Å². The lowest BCUT2D eigenvalue weighted by Crippen LogP contribution is -2.30. The predicted octanol–water partition coefficient (Wildman–Crippen LogP) is 5.20. The van der Waals surface area contributed by atoms with Crippen LogP contribution in [0.4, 0.5) is 0 Å². The van der Waals surface area contributed by atoms with Gasteiger partial charge >= 0.3 is 0 Å². The SMILES string of the molecule is CCOc1ccc(C2CCCN2C(=O)c2csc(-c3ccc(OC)c(OC)c3)n2)cc1. The zero-order chi connectivity index (χ0) is 21.8. The summed E-state index contributed by atoms with van der Waals surface area (Å²) in [6, 6.07) is 13.8. The highest BCUT2D eigenvalue weighted by molar-refractivity contribution is 7.13. The zero-order valence-corrected chi connectivity index (χ0v) is 18.8. The minimum absolute atomic E-state index is 0.0284. The molecule has 0 aliphatic carbocycles. The molecule has 0 N–H and O–H groups in total. The van der Waals surface area contributed by atoms with Crippen LogP contribution in [-0.4, -0.2) is 43.2 Å². The van der Waals surface area contributed by atoms with Gasteiger partial charge in [0.1, 0.15) is 16.5 Å². The molecule has 1 aliphatic heterocycles. The summed E-state index contributed by atoms with van der Waals surface area (Å²) < 4.78 is 16.2. The molecule has 3 aromatic rings. The van der Waals surface area contributed by atoms with Crippen molar-refractivity contribution in [2.24, 2.45) is 0 Å². The number of carbonyl (C=O) groups excluding carboxylic acids is 1. The normalized spacial score (nSPS) is 15.7. The van der Waals surface area contributed by atoms with Gasteiger partial charge in [-0.3, -0.25) is 4.79 Å². The lowest BCUT2D eigenvalue weighted by atomic mass is 10.0. The number of carbonyl (C=O) groups is 1. The smallest absolute Gasteiger partial charge is 0.273 e. The number of aromatic nitrogens is 1. The summed E-state index contributed by atoms with van der Waals surface area (Å²) in [7, 11) is 3.21. The summed E-state index contributed by atoms with van der Waals surface area (Å²) in [6.07, 6.45) is 1.93. The maximum atomic E-state index is 13.3. The van der Waals surface area contributed by atoms with Crippen molar-refractivity contribution in [3.8, 4) is 27.8 Å². The molecule has 1 aromatic heterocycles. The first-order valence-corrected chi connectivity index (χ1v) is 11.2. The second-order valence-electron chi connectivity index (χ2n) is 7.27.